The van der Waals surface area contributed by atoms with Crippen molar-refractivity contribution in [2.45, 2.75) is 25.8 Å². The molecule has 0 bridgehead atoms. The van der Waals surface area contributed by atoms with Crippen LogP contribution >= 0.6 is 11.6 Å². The van der Waals surface area contributed by atoms with E-state index in [0.29, 0.717) is 22.8 Å². The van der Waals surface area contributed by atoms with Crippen LogP contribution in [0.4, 0.5) is 0 Å². The monoisotopic (exact) mass is 266 g/mol. The van der Waals surface area contributed by atoms with E-state index >= 15 is 0 Å². The minimum Gasteiger partial charge on any atom is -0.496 e. The summed E-state index contributed by atoms with van der Waals surface area (Å²) in [5, 5.41) is 12.2. The first-order valence-electron chi connectivity index (χ1n) is 5.53. The van der Waals surface area contributed by atoms with Gasteiger partial charge in [0.1, 0.15) is 11.3 Å². The second-order valence-corrected chi connectivity index (χ2v) is 4.53. The van der Waals surface area contributed by atoms with Gasteiger partial charge in [-0.25, -0.2) is 0 Å². The molecule has 1 aromatic carbocycles. The van der Waals surface area contributed by atoms with Gasteiger partial charge < -0.3 is 10.1 Å². The standard InChI is InChI=1S/C13H15ClN2O2/c1-4-13(2,8-15)16-12(17)10-7-9(14)5-6-11(10)18-3/h5-7H,4H2,1-3H3,(H,16,17). The van der Waals surface area contributed by atoms with Gasteiger partial charge in [-0.2, -0.15) is 5.26 Å². The lowest BCUT2D eigenvalue weighted by Gasteiger charge is -2.21. The summed E-state index contributed by atoms with van der Waals surface area (Å²) in [5.41, 5.74) is -0.579. The summed E-state index contributed by atoms with van der Waals surface area (Å²) in [6.45, 7) is 3.50. The summed E-state index contributed by atoms with van der Waals surface area (Å²) in [6.07, 6.45) is 0.512. The number of rotatable bonds is 4. The van der Waals surface area contributed by atoms with E-state index in [2.05, 4.69) is 11.4 Å². The molecule has 0 aromatic heterocycles. The largest absolute Gasteiger partial charge is 0.496 e. The number of methoxy groups -OCH3 is 1. The van der Waals surface area contributed by atoms with Gasteiger partial charge in [0.2, 0.25) is 0 Å². The van der Waals surface area contributed by atoms with Crippen molar-refractivity contribution < 1.29 is 9.53 Å². The molecule has 0 radical (unpaired) electrons. The molecule has 0 saturated carbocycles. The number of hydrogen-bond acceptors (Lipinski definition) is 3. The normalized spacial score (nSPS) is 13.3. The average Bonchev–Trinajstić information content (AvgIpc) is 2.38. The summed E-state index contributed by atoms with van der Waals surface area (Å²) in [7, 11) is 1.48. The van der Waals surface area contributed by atoms with E-state index in [-0.39, 0.29) is 5.91 Å². The molecule has 96 valence electrons. The Labute approximate surface area is 112 Å². The van der Waals surface area contributed by atoms with Crippen LogP contribution in [-0.4, -0.2) is 18.6 Å². The fourth-order valence-electron chi connectivity index (χ4n) is 1.37. The molecule has 0 saturated heterocycles. The zero-order valence-electron chi connectivity index (χ0n) is 10.6. The van der Waals surface area contributed by atoms with Gasteiger partial charge in [0.05, 0.1) is 18.7 Å². The summed E-state index contributed by atoms with van der Waals surface area (Å²) in [6, 6.07) is 6.85. The Bertz CT molecular complexity index is 496. The highest BCUT2D eigenvalue weighted by Gasteiger charge is 2.25. The van der Waals surface area contributed by atoms with Gasteiger partial charge in [-0.15, -0.1) is 0 Å². The Hall–Kier alpha value is -1.73. The molecule has 1 unspecified atom stereocenters. The van der Waals surface area contributed by atoms with Gasteiger partial charge in [-0.05, 0) is 31.5 Å². The zero-order valence-corrected chi connectivity index (χ0v) is 11.3. The number of carbonyl (C=O) groups is 1. The molecule has 1 aromatic rings. The number of nitriles is 1. The number of ether oxygens (including phenoxy) is 1. The maximum atomic E-state index is 12.1. The first kappa shape index (κ1) is 14.3. The Balaban J connectivity index is 3.05. The average molecular weight is 267 g/mol. The number of nitrogens with zero attached hydrogens (tertiary/aromatic N) is 1. The third-order valence-electron chi connectivity index (χ3n) is 2.75. The van der Waals surface area contributed by atoms with Gasteiger partial charge in [0.15, 0.2) is 0 Å². The summed E-state index contributed by atoms with van der Waals surface area (Å²) >= 11 is 5.86. The highest BCUT2D eigenvalue weighted by atomic mass is 35.5. The predicted octanol–water partition coefficient (Wildman–Crippen LogP) is 2.77. The van der Waals surface area contributed by atoms with Crippen molar-refractivity contribution in [2.24, 2.45) is 0 Å². The molecular weight excluding hydrogens is 252 g/mol. The van der Waals surface area contributed by atoms with E-state index in [1.165, 1.54) is 13.2 Å². The van der Waals surface area contributed by atoms with E-state index < -0.39 is 5.54 Å². The van der Waals surface area contributed by atoms with E-state index in [0.717, 1.165) is 0 Å². The van der Waals surface area contributed by atoms with E-state index in [4.69, 9.17) is 21.6 Å². The number of benzene rings is 1. The highest BCUT2D eigenvalue weighted by Crippen LogP contribution is 2.23. The van der Waals surface area contributed by atoms with Crippen molar-refractivity contribution in [3.8, 4) is 11.8 Å². The molecule has 4 nitrogen and oxygen atoms in total. The predicted molar refractivity (Wildman–Crippen MR) is 69.8 cm³/mol. The lowest BCUT2D eigenvalue weighted by Crippen LogP contribution is -2.44. The quantitative estimate of drug-likeness (QED) is 0.911. The van der Waals surface area contributed by atoms with Crippen molar-refractivity contribution >= 4 is 17.5 Å². The smallest absolute Gasteiger partial charge is 0.256 e. The van der Waals surface area contributed by atoms with Crippen molar-refractivity contribution in [3.05, 3.63) is 28.8 Å². The van der Waals surface area contributed by atoms with Crippen LogP contribution in [0.5, 0.6) is 5.75 Å². The number of halogens is 1. The lowest BCUT2D eigenvalue weighted by atomic mass is 10.0. The summed E-state index contributed by atoms with van der Waals surface area (Å²) in [5.74, 6) is 0.0496. The van der Waals surface area contributed by atoms with Crippen molar-refractivity contribution in [1.82, 2.24) is 5.32 Å². The molecule has 1 N–H and O–H groups in total. The van der Waals surface area contributed by atoms with Crippen LogP contribution in [0, 0.1) is 11.3 Å². The van der Waals surface area contributed by atoms with Gasteiger partial charge in [0, 0.05) is 5.02 Å². The first-order chi connectivity index (χ1) is 8.45. The highest BCUT2D eigenvalue weighted by molar-refractivity contribution is 6.31. The third-order valence-corrected chi connectivity index (χ3v) is 2.98. The van der Waals surface area contributed by atoms with Crippen LogP contribution in [0.15, 0.2) is 18.2 Å². The molecule has 18 heavy (non-hydrogen) atoms. The fourth-order valence-corrected chi connectivity index (χ4v) is 1.54. The van der Waals surface area contributed by atoms with E-state index in [1.54, 1.807) is 19.1 Å². The maximum Gasteiger partial charge on any atom is 0.256 e. The van der Waals surface area contributed by atoms with Gasteiger partial charge in [0.25, 0.3) is 5.91 Å². The minimum atomic E-state index is -0.898. The molecule has 0 heterocycles. The lowest BCUT2D eigenvalue weighted by molar-refractivity contribution is 0.0920. The number of nitrogens with one attached hydrogen (secondary N) is 1. The minimum absolute atomic E-state index is 0.319. The van der Waals surface area contributed by atoms with Gasteiger partial charge in [-0.1, -0.05) is 18.5 Å². The SMILES string of the molecule is CCC(C)(C#N)NC(=O)c1cc(Cl)ccc1OC. The van der Waals surface area contributed by atoms with Crippen LogP contribution < -0.4 is 10.1 Å². The van der Waals surface area contributed by atoms with Crippen molar-refractivity contribution in [1.29, 1.82) is 5.26 Å². The van der Waals surface area contributed by atoms with Crippen LogP contribution in [0.2, 0.25) is 5.02 Å². The summed E-state index contributed by atoms with van der Waals surface area (Å²) < 4.78 is 5.10. The maximum absolute atomic E-state index is 12.1. The first-order valence-corrected chi connectivity index (χ1v) is 5.91. The molecular formula is C13H15ClN2O2. The molecule has 0 aliphatic carbocycles. The van der Waals surface area contributed by atoms with Crippen molar-refractivity contribution in [3.63, 3.8) is 0 Å². The molecule has 0 spiro atoms. The van der Waals surface area contributed by atoms with E-state index in [9.17, 15) is 4.79 Å². The number of hydrogen-bond donors (Lipinski definition) is 1. The molecule has 1 atom stereocenters. The fraction of sp³-hybridized carbons (Fsp3) is 0.385. The third kappa shape index (κ3) is 3.14. The van der Waals surface area contributed by atoms with Crippen LogP contribution in [0.3, 0.4) is 0 Å². The van der Waals surface area contributed by atoms with Crippen LogP contribution in [-0.2, 0) is 0 Å². The molecule has 0 aliphatic rings. The summed E-state index contributed by atoms with van der Waals surface area (Å²) in [4.78, 5) is 12.1. The molecule has 5 heteroatoms. The molecule has 1 amide bonds. The Kier molecular flexibility index (Phi) is 4.57. The van der Waals surface area contributed by atoms with Gasteiger partial charge in [-0.3, -0.25) is 4.79 Å². The second kappa shape index (κ2) is 5.74. The Morgan fingerprint density at radius 3 is 2.78 bits per heavy atom. The van der Waals surface area contributed by atoms with Crippen molar-refractivity contribution in [2.75, 3.05) is 7.11 Å². The second-order valence-electron chi connectivity index (χ2n) is 4.10. The van der Waals surface area contributed by atoms with E-state index in [1.807, 2.05) is 6.92 Å². The van der Waals surface area contributed by atoms with Crippen LogP contribution in [0.25, 0.3) is 0 Å². The molecule has 0 fully saturated rings. The topological polar surface area (TPSA) is 62.1 Å². The Morgan fingerprint density at radius 2 is 2.28 bits per heavy atom. The Morgan fingerprint density at radius 1 is 1.61 bits per heavy atom. The molecule has 0 aliphatic heterocycles. The number of carbonyl (C=O) groups excluding carboxylic acids is 1. The molecule has 1 rings (SSSR count). The van der Waals surface area contributed by atoms with Crippen LogP contribution in [0.1, 0.15) is 30.6 Å². The zero-order chi connectivity index (χ0) is 13.8. The van der Waals surface area contributed by atoms with Gasteiger partial charge >= 0.3 is 0 Å². The number of amides is 1.